The predicted octanol–water partition coefficient (Wildman–Crippen LogP) is 3.05. The van der Waals surface area contributed by atoms with Gasteiger partial charge in [-0.15, -0.1) is 0 Å². The molecule has 0 aliphatic heterocycles. The van der Waals surface area contributed by atoms with Gasteiger partial charge in [0.15, 0.2) is 24.3 Å². The number of carbonyl (C=O) groups is 2. The first-order valence-corrected chi connectivity index (χ1v) is 7.19. The molecule has 2 rings (SSSR count). The van der Waals surface area contributed by atoms with Crippen molar-refractivity contribution < 1.29 is 32.2 Å². The first kappa shape index (κ1) is 18.3. The van der Waals surface area contributed by atoms with Gasteiger partial charge in [-0.25, -0.2) is 18.0 Å². The van der Waals surface area contributed by atoms with Gasteiger partial charge in [0, 0.05) is 11.8 Å². The number of hydrogen-bond acceptors (Lipinski definition) is 4. The summed E-state index contributed by atoms with van der Waals surface area (Å²) in [6, 6.07) is 7.83. The largest absolute Gasteiger partial charge is 0.482 e. The lowest BCUT2D eigenvalue weighted by Crippen LogP contribution is -2.31. The zero-order chi connectivity index (χ0) is 18.4. The van der Waals surface area contributed by atoms with E-state index in [2.05, 4.69) is 5.32 Å². The van der Waals surface area contributed by atoms with Gasteiger partial charge in [0.05, 0.1) is 0 Å². The zero-order valence-corrected chi connectivity index (χ0v) is 13.1. The van der Waals surface area contributed by atoms with E-state index < -0.39 is 42.0 Å². The maximum atomic E-state index is 13.1. The normalized spacial score (nSPS) is 11.5. The van der Waals surface area contributed by atoms with Crippen molar-refractivity contribution in [3.63, 3.8) is 0 Å². The molecule has 0 aliphatic carbocycles. The summed E-state index contributed by atoms with van der Waals surface area (Å²) >= 11 is 0. The molecule has 0 bridgehead atoms. The fourth-order valence-electron chi connectivity index (χ4n) is 1.78. The number of benzene rings is 2. The maximum Gasteiger partial charge on any atom is 0.344 e. The van der Waals surface area contributed by atoms with Crippen LogP contribution in [0.25, 0.3) is 0 Å². The molecule has 0 radical (unpaired) electrons. The molecule has 2 aromatic rings. The molecule has 132 valence electrons. The summed E-state index contributed by atoms with van der Waals surface area (Å²) in [6.45, 7) is 0.833. The van der Waals surface area contributed by atoms with Crippen molar-refractivity contribution in [3.05, 3.63) is 59.9 Å². The number of carbonyl (C=O) groups excluding carboxylic acids is 2. The van der Waals surface area contributed by atoms with Crippen LogP contribution < -0.4 is 10.1 Å². The van der Waals surface area contributed by atoms with Crippen molar-refractivity contribution in [3.8, 4) is 5.75 Å². The van der Waals surface area contributed by atoms with Crippen LogP contribution in [0.4, 0.5) is 18.9 Å². The van der Waals surface area contributed by atoms with E-state index in [0.717, 1.165) is 12.1 Å². The van der Waals surface area contributed by atoms with E-state index >= 15 is 0 Å². The van der Waals surface area contributed by atoms with Crippen LogP contribution in [0.2, 0.25) is 0 Å². The number of rotatable bonds is 6. The quantitative estimate of drug-likeness (QED) is 0.811. The Kier molecular flexibility index (Phi) is 5.99. The van der Waals surface area contributed by atoms with Crippen molar-refractivity contribution in [1.29, 1.82) is 0 Å². The van der Waals surface area contributed by atoms with Gasteiger partial charge in [0.1, 0.15) is 11.6 Å². The Morgan fingerprint density at radius 2 is 1.72 bits per heavy atom. The van der Waals surface area contributed by atoms with Gasteiger partial charge in [0.2, 0.25) is 0 Å². The molecule has 0 saturated heterocycles. The molecule has 1 amide bonds. The van der Waals surface area contributed by atoms with Crippen molar-refractivity contribution in [2.75, 3.05) is 11.9 Å². The Labute approximate surface area is 141 Å². The fraction of sp³-hybridized carbons (Fsp3) is 0.176. The van der Waals surface area contributed by atoms with Gasteiger partial charge in [-0.1, -0.05) is 0 Å². The second kappa shape index (κ2) is 8.18. The lowest BCUT2D eigenvalue weighted by atomic mass is 10.3. The van der Waals surface area contributed by atoms with E-state index in [-0.39, 0.29) is 11.4 Å². The van der Waals surface area contributed by atoms with E-state index in [4.69, 9.17) is 9.47 Å². The van der Waals surface area contributed by atoms with Crippen LogP contribution in [0, 0.1) is 17.5 Å². The van der Waals surface area contributed by atoms with Gasteiger partial charge in [0.25, 0.3) is 5.91 Å². The second-order valence-corrected chi connectivity index (χ2v) is 4.99. The number of esters is 1. The molecule has 2 aromatic carbocycles. The first-order valence-electron chi connectivity index (χ1n) is 7.19. The molecule has 8 heteroatoms. The summed E-state index contributed by atoms with van der Waals surface area (Å²) in [5.74, 6) is -3.89. The van der Waals surface area contributed by atoms with Crippen molar-refractivity contribution in [2.45, 2.75) is 13.0 Å². The highest BCUT2D eigenvalue weighted by Crippen LogP contribution is 2.14. The Hall–Kier alpha value is -3.03. The number of ether oxygens (including phenoxy) is 2. The Morgan fingerprint density at radius 1 is 1.04 bits per heavy atom. The van der Waals surface area contributed by atoms with Gasteiger partial charge in [-0.2, -0.15) is 0 Å². The van der Waals surface area contributed by atoms with Gasteiger partial charge in [-0.05, 0) is 43.3 Å². The highest BCUT2D eigenvalue weighted by atomic mass is 19.2. The van der Waals surface area contributed by atoms with Gasteiger partial charge < -0.3 is 14.8 Å². The monoisotopic (exact) mass is 353 g/mol. The van der Waals surface area contributed by atoms with Crippen LogP contribution in [0.15, 0.2) is 42.5 Å². The van der Waals surface area contributed by atoms with Crippen LogP contribution in [0.3, 0.4) is 0 Å². The summed E-state index contributed by atoms with van der Waals surface area (Å²) in [6.07, 6.45) is -1.18. The van der Waals surface area contributed by atoms with Crippen LogP contribution in [0.5, 0.6) is 5.75 Å². The average Bonchev–Trinajstić information content (AvgIpc) is 2.57. The van der Waals surface area contributed by atoms with E-state index in [1.54, 1.807) is 0 Å². The minimum Gasteiger partial charge on any atom is -0.482 e. The van der Waals surface area contributed by atoms with E-state index in [0.29, 0.717) is 0 Å². The SMILES string of the molecule is C[C@H](OC(=O)COc1ccc(F)cc1)C(=O)Nc1ccc(F)c(F)c1. The zero-order valence-electron chi connectivity index (χ0n) is 13.1. The summed E-state index contributed by atoms with van der Waals surface area (Å²) in [5, 5.41) is 2.29. The van der Waals surface area contributed by atoms with Crippen LogP contribution in [-0.2, 0) is 14.3 Å². The van der Waals surface area contributed by atoms with Crippen LogP contribution in [-0.4, -0.2) is 24.6 Å². The Balaban J connectivity index is 1.82. The van der Waals surface area contributed by atoms with E-state index in [9.17, 15) is 22.8 Å². The molecule has 0 aromatic heterocycles. The lowest BCUT2D eigenvalue weighted by Gasteiger charge is -2.14. The Morgan fingerprint density at radius 3 is 2.36 bits per heavy atom. The number of halogens is 3. The third kappa shape index (κ3) is 5.52. The summed E-state index contributed by atoms with van der Waals surface area (Å²) < 4.78 is 48.6. The second-order valence-electron chi connectivity index (χ2n) is 4.99. The standard InChI is InChI=1S/C17H14F3NO4/c1-10(17(23)21-12-4-7-14(19)15(20)8-12)25-16(22)9-24-13-5-2-11(18)3-6-13/h2-8,10H,9H2,1H3,(H,21,23)/t10-/m0/s1. The number of hydrogen-bond donors (Lipinski definition) is 1. The minimum atomic E-state index is -1.18. The molecule has 0 saturated carbocycles. The number of amides is 1. The van der Waals surface area contributed by atoms with E-state index in [1.165, 1.54) is 37.3 Å². The predicted molar refractivity (Wildman–Crippen MR) is 82.4 cm³/mol. The van der Waals surface area contributed by atoms with Crippen LogP contribution >= 0.6 is 0 Å². The van der Waals surface area contributed by atoms with Crippen molar-refractivity contribution in [1.82, 2.24) is 0 Å². The molecule has 0 unspecified atom stereocenters. The van der Waals surface area contributed by atoms with E-state index in [1.807, 2.05) is 0 Å². The molecule has 0 aliphatic rings. The van der Waals surface area contributed by atoms with Gasteiger partial charge >= 0.3 is 5.97 Å². The molecule has 0 fully saturated rings. The third-order valence-corrected chi connectivity index (χ3v) is 3.03. The number of nitrogens with one attached hydrogen (secondary N) is 1. The van der Waals surface area contributed by atoms with Crippen molar-refractivity contribution >= 4 is 17.6 Å². The lowest BCUT2D eigenvalue weighted by molar-refractivity contribution is -0.155. The molecule has 0 spiro atoms. The summed E-state index contributed by atoms with van der Waals surface area (Å²) in [4.78, 5) is 23.5. The highest BCUT2D eigenvalue weighted by Gasteiger charge is 2.19. The Bertz CT molecular complexity index is 765. The van der Waals surface area contributed by atoms with Crippen LogP contribution in [0.1, 0.15) is 6.92 Å². The molecular formula is C17H14F3NO4. The molecule has 1 atom stereocenters. The molecular weight excluding hydrogens is 339 g/mol. The first-order chi connectivity index (χ1) is 11.8. The van der Waals surface area contributed by atoms with Crippen molar-refractivity contribution in [2.24, 2.45) is 0 Å². The third-order valence-electron chi connectivity index (χ3n) is 3.03. The molecule has 1 N–H and O–H groups in total. The smallest absolute Gasteiger partial charge is 0.344 e. The minimum absolute atomic E-state index is 0.0226. The fourth-order valence-corrected chi connectivity index (χ4v) is 1.78. The highest BCUT2D eigenvalue weighted by molar-refractivity contribution is 5.95. The maximum absolute atomic E-state index is 13.1. The average molecular weight is 353 g/mol. The summed E-state index contributed by atoms with van der Waals surface area (Å²) in [7, 11) is 0. The topological polar surface area (TPSA) is 64.6 Å². The number of anilines is 1. The molecule has 25 heavy (non-hydrogen) atoms. The molecule has 5 nitrogen and oxygen atoms in total. The molecule has 0 heterocycles. The van der Waals surface area contributed by atoms with Gasteiger partial charge in [-0.3, -0.25) is 4.79 Å². The summed E-state index contributed by atoms with van der Waals surface area (Å²) in [5.41, 5.74) is 0.0226.